The number of carbonyl (C=O) groups excluding carboxylic acids is 2. The molecular formula is C18H23N5O8S2. The van der Waals surface area contributed by atoms with Crippen LogP contribution >= 0.6 is 23.5 Å². The second-order valence-electron chi connectivity index (χ2n) is 8.07. The lowest BCUT2D eigenvalue weighted by Crippen LogP contribution is -2.68. The van der Waals surface area contributed by atoms with Gasteiger partial charge in [0.25, 0.3) is 0 Å². The fourth-order valence-corrected chi connectivity index (χ4v) is 5.06. The van der Waals surface area contributed by atoms with E-state index in [1.54, 1.807) is 20.8 Å². The van der Waals surface area contributed by atoms with Gasteiger partial charge in [0.05, 0.1) is 5.41 Å². The second kappa shape index (κ2) is 9.61. The quantitative estimate of drug-likeness (QED) is 0.226. The molecule has 1 fully saturated rings. The van der Waals surface area contributed by atoms with E-state index in [2.05, 4.69) is 10.1 Å². The summed E-state index contributed by atoms with van der Waals surface area (Å²) in [5.74, 6) is -0.752. The molecule has 2 aliphatic heterocycles. The highest BCUT2D eigenvalue weighted by Gasteiger charge is 2.51. The summed E-state index contributed by atoms with van der Waals surface area (Å²) in [6.45, 7) is 4.55. The van der Waals surface area contributed by atoms with Gasteiger partial charge >= 0.3 is 23.6 Å². The van der Waals surface area contributed by atoms with Gasteiger partial charge in [-0.2, -0.15) is 4.98 Å². The molecule has 2 atom stereocenters. The smallest absolute Gasteiger partial charge is 0.449 e. The highest BCUT2D eigenvalue weighted by molar-refractivity contribution is 8.01. The molecule has 2 aliphatic rings. The lowest BCUT2D eigenvalue weighted by atomic mass is 9.98. The van der Waals surface area contributed by atoms with Gasteiger partial charge in [-0.05, 0) is 20.8 Å². The first-order valence-corrected chi connectivity index (χ1v) is 11.6. The molecule has 0 bridgehead atoms. The zero-order valence-electron chi connectivity index (χ0n) is 18.3. The van der Waals surface area contributed by atoms with Crippen LogP contribution in [-0.4, -0.2) is 72.5 Å². The van der Waals surface area contributed by atoms with Crippen LogP contribution in [0.2, 0.25) is 0 Å². The van der Waals surface area contributed by atoms with E-state index in [1.807, 2.05) is 0 Å². The van der Waals surface area contributed by atoms with E-state index < -0.39 is 41.8 Å². The summed E-state index contributed by atoms with van der Waals surface area (Å²) in [6, 6.07) is -0.710. The van der Waals surface area contributed by atoms with Crippen LogP contribution in [0.15, 0.2) is 21.4 Å². The third-order valence-electron chi connectivity index (χ3n) is 4.49. The van der Waals surface area contributed by atoms with Gasteiger partial charge in [0.2, 0.25) is 18.6 Å². The van der Waals surface area contributed by atoms with Crippen molar-refractivity contribution < 1.29 is 33.7 Å². The first kappa shape index (κ1) is 24.9. The zero-order valence-corrected chi connectivity index (χ0v) is 19.9. The van der Waals surface area contributed by atoms with Gasteiger partial charge in [0.1, 0.15) is 11.4 Å². The molecular weight excluding hydrogens is 478 g/mol. The largest absolute Gasteiger partial charge is 0.512 e. The van der Waals surface area contributed by atoms with Crippen molar-refractivity contribution in [2.24, 2.45) is 18.2 Å². The van der Waals surface area contributed by atoms with Gasteiger partial charge in [0, 0.05) is 24.1 Å². The number of aryl methyl sites for hydroxylation is 1. The number of fused-ring (bicyclic) bond motifs is 1. The molecule has 0 unspecified atom stereocenters. The Morgan fingerprint density at radius 1 is 1.33 bits per heavy atom. The van der Waals surface area contributed by atoms with E-state index in [-0.39, 0.29) is 28.0 Å². The Labute approximate surface area is 196 Å². The maximum atomic E-state index is 12.3. The number of rotatable bonds is 7. The molecule has 3 N–H and O–H groups in total. The fraction of sp³-hybridized carbons (Fsp3) is 0.556. The summed E-state index contributed by atoms with van der Waals surface area (Å²) in [7, 11) is 1.54. The third-order valence-corrected chi connectivity index (χ3v) is 6.96. The monoisotopic (exact) mass is 501 g/mol. The minimum atomic E-state index is -1.55. The van der Waals surface area contributed by atoms with E-state index in [0.717, 1.165) is 11.8 Å². The number of ether oxygens (including phenoxy) is 3. The summed E-state index contributed by atoms with van der Waals surface area (Å²) >= 11 is 2.50. The lowest BCUT2D eigenvalue weighted by Gasteiger charge is -2.47. The molecule has 1 aromatic heterocycles. The summed E-state index contributed by atoms with van der Waals surface area (Å²) in [5, 5.41) is 12.9. The Hall–Kier alpha value is -2.78. The van der Waals surface area contributed by atoms with Crippen molar-refractivity contribution in [1.82, 2.24) is 19.7 Å². The number of nitrogens with two attached hydrogens (primary N) is 1. The topological polar surface area (TPSA) is 176 Å². The predicted octanol–water partition coefficient (Wildman–Crippen LogP) is 0.342. The van der Waals surface area contributed by atoms with Gasteiger partial charge in [-0.1, -0.05) is 11.8 Å². The Kier molecular flexibility index (Phi) is 7.23. The molecule has 33 heavy (non-hydrogen) atoms. The molecule has 0 spiro atoms. The van der Waals surface area contributed by atoms with Crippen molar-refractivity contribution in [3.8, 4) is 5.88 Å². The molecule has 180 valence electrons. The van der Waals surface area contributed by atoms with Gasteiger partial charge < -0.3 is 25.1 Å². The van der Waals surface area contributed by atoms with Crippen LogP contribution < -0.4 is 16.0 Å². The van der Waals surface area contributed by atoms with Crippen molar-refractivity contribution in [1.29, 1.82) is 0 Å². The number of thioether (sulfide) groups is 2. The van der Waals surface area contributed by atoms with Gasteiger partial charge in [-0.25, -0.2) is 9.48 Å². The number of carboxylic acid groups (broad SMARTS) is 1. The molecule has 0 saturated carbocycles. The molecule has 3 heterocycles. The standard InChI is InChI=1S/C18H23N5O8S2/c1-18(2,3)15(26)30-7-29-11-10(24)20-16(22(4)21-11)33-6-8-5-32-14-9(19)12(25)23(14)13(8)31-17(27)28/h9,14H,5-7,19H2,1-4H3,(H,27,28)/t9-,14-/m1/s1. The third kappa shape index (κ3) is 5.42. The highest BCUT2D eigenvalue weighted by atomic mass is 32.2. The van der Waals surface area contributed by atoms with Crippen LogP contribution in [-0.2, 0) is 26.1 Å². The van der Waals surface area contributed by atoms with Gasteiger partial charge in [0.15, 0.2) is 5.16 Å². The molecule has 1 amide bonds. The predicted molar refractivity (Wildman–Crippen MR) is 116 cm³/mol. The molecule has 15 heteroatoms. The van der Waals surface area contributed by atoms with Crippen molar-refractivity contribution >= 4 is 41.6 Å². The average molecular weight is 502 g/mol. The number of nitrogens with zero attached hydrogens (tertiary/aromatic N) is 4. The SMILES string of the molecule is Cn1nc(OCOC(=O)C(C)(C)C)c(=O)nc1SCC1=C(OC(=O)O)N2C(=O)[C@@H](N)[C@H]2SC1. The number of hydrogen-bond acceptors (Lipinski definition) is 12. The lowest BCUT2D eigenvalue weighted by molar-refractivity contribution is -0.160. The molecule has 1 saturated heterocycles. The Bertz CT molecular complexity index is 1070. The maximum absolute atomic E-state index is 12.3. The molecule has 1 aromatic rings. The highest BCUT2D eigenvalue weighted by Crippen LogP contribution is 2.40. The average Bonchev–Trinajstić information content (AvgIpc) is 2.73. The molecule has 3 rings (SSSR count). The first-order chi connectivity index (χ1) is 15.4. The molecule has 0 aliphatic carbocycles. The van der Waals surface area contributed by atoms with Gasteiger partial charge in [-0.15, -0.1) is 16.9 Å². The minimum absolute atomic E-state index is 0.0657. The van der Waals surface area contributed by atoms with Crippen molar-refractivity contribution in [2.75, 3.05) is 18.3 Å². The number of aromatic nitrogens is 3. The number of amides is 1. The molecule has 0 aromatic carbocycles. The van der Waals surface area contributed by atoms with Crippen LogP contribution in [0.1, 0.15) is 20.8 Å². The number of carbonyl (C=O) groups is 3. The fourth-order valence-electron chi connectivity index (χ4n) is 2.76. The number of esters is 1. The van der Waals surface area contributed by atoms with E-state index in [9.17, 15) is 19.2 Å². The Morgan fingerprint density at radius 3 is 2.67 bits per heavy atom. The van der Waals surface area contributed by atoms with Crippen molar-refractivity contribution in [3.05, 3.63) is 21.8 Å². The summed E-state index contributed by atoms with van der Waals surface area (Å²) in [4.78, 5) is 52.4. The van der Waals surface area contributed by atoms with Crippen LogP contribution in [0.3, 0.4) is 0 Å². The van der Waals surface area contributed by atoms with Crippen LogP contribution in [0.5, 0.6) is 5.88 Å². The van der Waals surface area contributed by atoms with Crippen molar-refractivity contribution in [3.63, 3.8) is 0 Å². The summed E-state index contributed by atoms with van der Waals surface area (Å²) < 4.78 is 16.2. The van der Waals surface area contributed by atoms with Crippen LogP contribution in [0, 0.1) is 5.41 Å². The van der Waals surface area contributed by atoms with Crippen molar-refractivity contribution in [2.45, 2.75) is 37.3 Å². The maximum Gasteiger partial charge on any atom is 0.512 e. The molecule has 0 radical (unpaired) electrons. The normalized spacial score (nSPS) is 20.2. The van der Waals surface area contributed by atoms with Crippen LogP contribution in [0.25, 0.3) is 0 Å². The van der Waals surface area contributed by atoms with E-state index in [4.69, 9.17) is 25.1 Å². The van der Waals surface area contributed by atoms with Gasteiger partial charge in [-0.3, -0.25) is 19.3 Å². The van der Waals surface area contributed by atoms with E-state index >= 15 is 0 Å². The Morgan fingerprint density at radius 2 is 2.03 bits per heavy atom. The Balaban J connectivity index is 1.69. The first-order valence-electron chi connectivity index (χ1n) is 9.61. The van der Waals surface area contributed by atoms with E-state index in [0.29, 0.717) is 11.3 Å². The van der Waals surface area contributed by atoms with E-state index in [1.165, 1.54) is 28.4 Å². The number of hydrogen-bond donors (Lipinski definition) is 2. The summed E-state index contributed by atoms with van der Waals surface area (Å²) in [5.41, 5.74) is 4.82. The summed E-state index contributed by atoms with van der Waals surface area (Å²) in [6.07, 6.45) is -1.55. The second-order valence-corrected chi connectivity index (χ2v) is 10.1. The zero-order chi connectivity index (χ0) is 24.5. The molecule has 13 nitrogen and oxygen atoms in total. The number of β-lactam (4-membered cyclic amide) rings is 1. The minimum Gasteiger partial charge on any atom is -0.449 e. The van der Waals surface area contributed by atoms with Crippen LogP contribution in [0.4, 0.5) is 4.79 Å².